The van der Waals surface area contributed by atoms with Gasteiger partial charge in [-0.15, -0.1) is 24.0 Å². The third-order valence-electron chi connectivity index (χ3n) is 5.46. The van der Waals surface area contributed by atoms with Gasteiger partial charge >= 0.3 is 0 Å². The molecular weight excluding hydrogens is 539 g/mol. The van der Waals surface area contributed by atoms with E-state index in [9.17, 15) is 8.42 Å². The quantitative estimate of drug-likeness (QED) is 0.288. The zero-order valence-corrected chi connectivity index (χ0v) is 21.8. The molecule has 0 bridgehead atoms. The number of ether oxygens (including phenoxy) is 1. The number of rotatable bonds is 8. The summed E-state index contributed by atoms with van der Waals surface area (Å²) in [6.07, 6.45) is 1.65. The standard InChI is InChI=1S/C23H32N4O3S.HI/c1-3-30-22-12-8-7-9-20(22)18-26-23(24-2)25-17-19-13-15-27(16-14-19)31(28,29)21-10-5-4-6-11-21;/h4-12,19H,3,13-18H2,1-2H3,(H2,24,25,26);1H. The summed E-state index contributed by atoms with van der Waals surface area (Å²) in [5.74, 6) is 2.00. The molecule has 1 aliphatic heterocycles. The Kier molecular flexibility index (Phi) is 10.7. The molecule has 1 fully saturated rings. The minimum atomic E-state index is -3.40. The van der Waals surface area contributed by atoms with Gasteiger partial charge in [-0.3, -0.25) is 4.99 Å². The summed E-state index contributed by atoms with van der Waals surface area (Å²) < 4.78 is 32.8. The average molecular weight is 573 g/mol. The fourth-order valence-electron chi connectivity index (χ4n) is 3.68. The van der Waals surface area contributed by atoms with Crippen LogP contribution in [0.15, 0.2) is 64.5 Å². The lowest BCUT2D eigenvalue weighted by molar-refractivity contribution is 0.273. The molecule has 176 valence electrons. The highest BCUT2D eigenvalue weighted by Crippen LogP contribution is 2.23. The summed E-state index contributed by atoms with van der Waals surface area (Å²) >= 11 is 0. The number of halogens is 1. The van der Waals surface area contributed by atoms with E-state index in [0.29, 0.717) is 37.1 Å². The van der Waals surface area contributed by atoms with Gasteiger partial charge in [0, 0.05) is 38.8 Å². The minimum Gasteiger partial charge on any atom is -0.494 e. The second-order valence-corrected chi connectivity index (χ2v) is 9.45. The van der Waals surface area contributed by atoms with Gasteiger partial charge in [-0.25, -0.2) is 8.42 Å². The molecule has 0 unspecified atom stereocenters. The maximum absolute atomic E-state index is 12.8. The van der Waals surface area contributed by atoms with E-state index in [0.717, 1.165) is 36.7 Å². The highest BCUT2D eigenvalue weighted by atomic mass is 127. The highest BCUT2D eigenvalue weighted by Gasteiger charge is 2.29. The van der Waals surface area contributed by atoms with Gasteiger partial charge in [-0.2, -0.15) is 4.31 Å². The Morgan fingerprint density at radius 1 is 1.06 bits per heavy atom. The first-order valence-corrected chi connectivity index (χ1v) is 12.2. The molecule has 32 heavy (non-hydrogen) atoms. The van der Waals surface area contributed by atoms with Crippen molar-refractivity contribution in [1.82, 2.24) is 14.9 Å². The Morgan fingerprint density at radius 2 is 1.72 bits per heavy atom. The molecule has 9 heteroatoms. The van der Waals surface area contributed by atoms with Crippen LogP contribution in [0.25, 0.3) is 0 Å². The van der Waals surface area contributed by atoms with Gasteiger partial charge in [-0.05, 0) is 43.9 Å². The molecular formula is C23H33IN4O3S. The number of para-hydroxylation sites is 1. The van der Waals surface area contributed by atoms with Gasteiger partial charge in [0.05, 0.1) is 11.5 Å². The predicted octanol–water partition coefficient (Wildman–Crippen LogP) is 3.47. The van der Waals surface area contributed by atoms with Crippen LogP contribution >= 0.6 is 24.0 Å². The van der Waals surface area contributed by atoms with E-state index in [4.69, 9.17) is 4.74 Å². The van der Waals surface area contributed by atoms with Crippen molar-refractivity contribution in [1.29, 1.82) is 0 Å². The van der Waals surface area contributed by atoms with E-state index in [1.807, 2.05) is 37.3 Å². The molecule has 7 nitrogen and oxygen atoms in total. The molecule has 0 spiro atoms. The van der Waals surface area contributed by atoms with Crippen molar-refractivity contribution in [3.8, 4) is 5.75 Å². The average Bonchev–Trinajstić information content (AvgIpc) is 2.81. The Balaban J connectivity index is 0.00000363. The van der Waals surface area contributed by atoms with Crippen LogP contribution in [0, 0.1) is 5.92 Å². The lowest BCUT2D eigenvalue weighted by Crippen LogP contribution is -2.44. The Bertz CT molecular complexity index is 962. The summed E-state index contributed by atoms with van der Waals surface area (Å²) in [4.78, 5) is 4.67. The topological polar surface area (TPSA) is 83.0 Å². The third-order valence-corrected chi connectivity index (χ3v) is 7.37. The van der Waals surface area contributed by atoms with Crippen LogP contribution in [0.5, 0.6) is 5.75 Å². The minimum absolute atomic E-state index is 0. The number of piperidine rings is 1. The molecule has 1 heterocycles. The molecule has 0 amide bonds. The molecule has 3 rings (SSSR count). The van der Waals surface area contributed by atoms with E-state index in [1.54, 1.807) is 35.6 Å². The van der Waals surface area contributed by atoms with E-state index in [1.165, 1.54) is 0 Å². The van der Waals surface area contributed by atoms with Crippen LogP contribution in [0.1, 0.15) is 25.3 Å². The number of benzene rings is 2. The first kappa shape index (κ1) is 26.4. The number of guanidine groups is 1. The molecule has 1 aliphatic rings. The van der Waals surface area contributed by atoms with Crippen molar-refractivity contribution in [2.45, 2.75) is 31.2 Å². The molecule has 2 aromatic rings. The summed E-state index contributed by atoms with van der Waals surface area (Å²) in [5, 5.41) is 6.71. The van der Waals surface area contributed by atoms with Crippen molar-refractivity contribution in [3.63, 3.8) is 0 Å². The Labute approximate surface area is 208 Å². The van der Waals surface area contributed by atoms with Gasteiger partial charge < -0.3 is 15.4 Å². The fraction of sp³-hybridized carbons (Fsp3) is 0.435. The second-order valence-electron chi connectivity index (χ2n) is 7.51. The monoisotopic (exact) mass is 572 g/mol. The second kappa shape index (κ2) is 13.0. The number of sulfonamides is 1. The van der Waals surface area contributed by atoms with Crippen molar-refractivity contribution >= 4 is 40.0 Å². The molecule has 0 aliphatic carbocycles. The molecule has 0 saturated carbocycles. The van der Waals surface area contributed by atoms with Crippen molar-refractivity contribution in [2.24, 2.45) is 10.9 Å². The number of hydrogen-bond donors (Lipinski definition) is 2. The number of hydrogen-bond acceptors (Lipinski definition) is 4. The van der Waals surface area contributed by atoms with E-state index >= 15 is 0 Å². The van der Waals surface area contributed by atoms with E-state index in [-0.39, 0.29) is 24.0 Å². The van der Waals surface area contributed by atoms with Crippen LogP contribution in [0.4, 0.5) is 0 Å². The fourth-order valence-corrected chi connectivity index (χ4v) is 5.17. The highest BCUT2D eigenvalue weighted by molar-refractivity contribution is 14.0. The van der Waals surface area contributed by atoms with Gasteiger partial charge in [0.25, 0.3) is 0 Å². The van der Waals surface area contributed by atoms with E-state index in [2.05, 4.69) is 15.6 Å². The lowest BCUT2D eigenvalue weighted by Gasteiger charge is -2.31. The van der Waals surface area contributed by atoms with Gasteiger partial charge in [0.2, 0.25) is 10.0 Å². The first-order chi connectivity index (χ1) is 15.0. The maximum atomic E-state index is 12.8. The number of nitrogens with one attached hydrogen (secondary N) is 2. The van der Waals surface area contributed by atoms with Crippen molar-refractivity contribution in [2.75, 3.05) is 33.3 Å². The molecule has 0 radical (unpaired) electrons. The molecule has 1 saturated heterocycles. The van der Waals surface area contributed by atoms with Gasteiger partial charge in [0.1, 0.15) is 5.75 Å². The van der Waals surface area contributed by atoms with Crippen LogP contribution in [-0.2, 0) is 16.6 Å². The molecule has 2 aromatic carbocycles. The van der Waals surface area contributed by atoms with E-state index < -0.39 is 10.0 Å². The van der Waals surface area contributed by atoms with Crippen LogP contribution in [0.3, 0.4) is 0 Å². The Morgan fingerprint density at radius 3 is 2.38 bits per heavy atom. The summed E-state index contributed by atoms with van der Waals surface area (Å²) in [5.41, 5.74) is 1.08. The summed E-state index contributed by atoms with van der Waals surface area (Å²) in [7, 11) is -1.66. The number of nitrogens with zero attached hydrogens (tertiary/aromatic N) is 2. The van der Waals surface area contributed by atoms with Crippen LogP contribution in [0.2, 0.25) is 0 Å². The van der Waals surface area contributed by atoms with Gasteiger partial charge in [-0.1, -0.05) is 36.4 Å². The smallest absolute Gasteiger partial charge is 0.243 e. The third kappa shape index (κ3) is 7.08. The zero-order valence-electron chi connectivity index (χ0n) is 18.7. The maximum Gasteiger partial charge on any atom is 0.243 e. The normalized spacial score (nSPS) is 15.6. The van der Waals surface area contributed by atoms with Crippen LogP contribution in [-0.4, -0.2) is 52.0 Å². The molecule has 0 atom stereocenters. The largest absolute Gasteiger partial charge is 0.494 e. The SMILES string of the molecule is CCOc1ccccc1CNC(=NC)NCC1CCN(S(=O)(=O)c2ccccc2)CC1.I. The lowest BCUT2D eigenvalue weighted by atomic mass is 9.98. The zero-order chi connectivity index (χ0) is 22.1. The summed E-state index contributed by atoms with van der Waals surface area (Å²) in [6, 6.07) is 16.6. The van der Waals surface area contributed by atoms with Crippen molar-refractivity contribution in [3.05, 3.63) is 60.2 Å². The summed E-state index contributed by atoms with van der Waals surface area (Å²) in [6.45, 7) is 5.05. The van der Waals surface area contributed by atoms with Gasteiger partial charge in [0.15, 0.2) is 5.96 Å². The van der Waals surface area contributed by atoms with Crippen LogP contribution < -0.4 is 15.4 Å². The molecule has 0 aromatic heterocycles. The first-order valence-electron chi connectivity index (χ1n) is 10.7. The predicted molar refractivity (Wildman–Crippen MR) is 139 cm³/mol. The molecule has 2 N–H and O–H groups in total. The Hall–Kier alpha value is -1.85. The number of aliphatic imine (C=N–C) groups is 1. The van der Waals surface area contributed by atoms with Crippen molar-refractivity contribution < 1.29 is 13.2 Å².